The summed E-state index contributed by atoms with van der Waals surface area (Å²) in [5.41, 5.74) is 2.74. The summed E-state index contributed by atoms with van der Waals surface area (Å²) in [7, 11) is 0. The molecule has 0 spiro atoms. The summed E-state index contributed by atoms with van der Waals surface area (Å²) in [6, 6.07) is 3.04. The molecule has 0 saturated heterocycles. The van der Waals surface area contributed by atoms with E-state index in [-0.39, 0.29) is 18.0 Å². The van der Waals surface area contributed by atoms with Crippen molar-refractivity contribution in [3.63, 3.8) is 0 Å². The average Bonchev–Trinajstić information content (AvgIpc) is 2.70. The molecule has 0 bridgehead atoms. The van der Waals surface area contributed by atoms with Crippen LogP contribution in [0.1, 0.15) is 23.4 Å². The molecule has 0 atom stereocenters. The largest absolute Gasteiger partial charge is 0.324 e. The van der Waals surface area contributed by atoms with E-state index in [1.54, 1.807) is 0 Å². The van der Waals surface area contributed by atoms with Crippen LogP contribution in [-0.2, 0) is 11.2 Å². The van der Waals surface area contributed by atoms with Gasteiger partial charge in [0, 0.05) is 18.2 Å². The van der Waals surface area contributed by atoms with Crippen molar-refractivity contribution >= 4 is 11.6 Å². The van der Waals surface area contributed by atoms with Crippen molar-refractivity contribution in [1.82, 2.24) is 10.2 Å². The predicted octanol–water partition coefficient (Wildman–Crippen LogP) is 2.88. The van der Waals surface area contributed by atoms with Crippen LogP contribution in [0, 0.1) is 25.5 Å². The lowest BCUT2D eigenvalue weighted by atomic mass is 10.1. The highest BCUT2D eigenvalue weighted by atomic mass is 19.1. The van der Waals surface area contributed by atoms with E-state index in [1.807, 2.05) is 13.8 Å². The molecule has 1 aromatic heterocycles. The van der Waals surface area contributed by atoms with Gasteiger partial charge in [0.1, 0.15) is 11.6 Å². The summed E-state index contributed by atoms with van der Waals surface area (Å²) in [6.07, 6.45) is 0.723. The van der Waals surface area contributed by atoms with Gasteiger partial charge in [0.25, 0.3) is 0 Å². The highest BCUT2D eigenvalue weighted by Crippen LogP contribution is 2.16. The molecular formula is C14H15F2N3O. The van der Waals surface area contributed by atoms with Gasteiger partial charge in [-0.3, -0.25) is 9.89 Å². The maximum absolute atomic E-state index is 13.4. The first kappa shape index (κ1) is 14.2. The Morgan fingerprint density at radius 3 is 2.70 bits per heavy atom. The first-order valence-electron chi connectivity index (χ1n) is 6.22. The minimum absolute atomic E-state index is 0.0166. The molecule has 0 saturated carbocycles. The van der Waals surface area contributed by atoms with E-state index >= 15 is 0 Å². The smallest absolute Gasteiger partial charge is 0.224 e. The van der Waals surface area contributed by atoms with Crippen LogP contribution in [0.2, 0.25) is 0 Å². The monoisotopic (exact) mass is 279 g/mol. The van der Waals surface area contributed by atoms with Gasteiger partial charge in [0.2, 0.25) is 5.91 Å². The van der Waals surface area contributed by atoms with E-state index in [9.17, 15) is 13.6 Å². The fraction of sp³-hybridized carbons (Fsp3) is 0.286. The number of aryl methyl sites for hydroxylation is 2. The van der Waals surface area contributed by atoms with Crippen LogP contribution in [-0.4, -0.2) is 16.1 Å². The van der Waals surface area contributed by atoms with Gasteiger partial charge in [0.05, 0.1) is 11.4 Å². The lowest BCUT2D eigenvalue weighted by Crippen LogP contribution is -2.13. The molecule has 0 aliphatic rings. The number of hydrogen-bond donors (Lipinski definition) is 2. The molecule has 0 radical (unpaired) electrons. The number of H-pyrrole nitrogens is 1. The summed E-state index contributed by atoms with van der Waals surface area (Å²) in [6.45, 7) is 3.74. The van der Waals surface area contributed by atoms with Crippen LogP contribution in [0.4, 0.5) is 14.5 Å². The normalized spacial score (nSPS) is 10.6. The number of anilines is 1. The Kier molecular flexibility index (Phi) is 4.12. The molecule has 4 nitrogen and oxygen atoms in total. The molecule has 2 aromatic rings. The van der Waals surface area contributed by atoms with Crippen LogP contribution < -0.4 is 5.32 Å². The van der Waals surface area contributed by atoms with Crippen LogP contribution >= 0.6 is 0 Å². The zero-order valence-electron chi connectivity index (χ0n) is 11.3. The zero-order chi connectivity index (χ0) is 14.7. The number of rotatable bonds is 4. The Labute approximate surface area is 115 Å². The fourth-order valence-electron chi connectivity index (χ4n) is 1.98. The lowest BCUT2D eigenvalue weighted by molar-refractivity contribution is -0.116. The van der Waals surface area contributed by atoms with Gasteiger partial charge < -0.3 is 5.32 Å². The summed E-state index contributed by atoms with van der Waals surface area (Å²) >= 11 is 0. The number of aromatic amines is 1. The number of nitrogens with one attached hydrogen (secondary N) is 2. The van der Waals surface area contributed by atoms with Gasteiger partial charge in [0.15, 0.2) is 0 Å². The molecule has 20 heavy (non-hydrogen) atoms. The third-order valence-corrected chi connectivity index (χ3v) is 3.09. The van der Waals surface area contributed by atoms with Gasteiger partial charge >= 0.3 is 0 Å². The van der Waals surface area contributed by atoms with Gasteiger partial charge in [-0.2, -0.15) is 5.10 Å². The third kappa shape index (κ3) is 3.20. The van der Waals surface area contributed by atoms with Crippen molar-refractivity contribution in [2.45, 2.75) is 26.7 Å². The summed E-state index contributed by atoms with van der Waals surface area (Å²) in [5, 5.41) is 9.31. The second kappa shape index (κ2) is 5.81. The van der Waals surface area contributed by atoms with E-state index in [1.165, 1.54) is 6.07 Å². The standard InChI is InChI=1S/C14H15F2N3O/c1-8-11(9(2)19-18-8)4-6-14(20)17-13-5-3-10(15)7-12(13)16/h3,5,7H,4,6H2,1-2H3,(H,17,20)(H,18,19). The average molecular weight is 279 g/mol. The SMILES string of the molecule is Cc1n[nH]c(C)c1CCC(=O)Nc1ccc(F)cc1F. The fourth-order valence-corrected chi connectivity index (χ4v) is 1.98. The molecule has 0 aliphatic heterocycles. The minimum atomic E-state index is -0.783. The number of nitrogens with zero attached hydrogens (tertiary/aromatic N) is 1. The molecule has 1 heterocycles. The van der Waals surface area contributed by atoms with E-state index in [0.717, 1.165) is 29.1 Å². The van der Waals surface area contributed by atoms with Crippen molar-refractivity contribution < 1.29 is 13.6 Å². The molecule has 1 aromatic carbocycles. The van der Waals surface area contributed by atoms with E-state index in [4.69, 9.17) is 0 Å². The molecule has 2 rings (SSSR count). The summed E-state index contributed by atoms with van der Waals surface area (Å²) in [5.74, 6) is -1.78. The van der Waals surface area contributed by atoms with Crippen molar-refractivity contribution in [3.8, 4) is 0 Å². The molecule has 106 valence electrons. The number of benzene rings is 1. The van der Waals surface area contributed by atoms with Crippen molar-refractivity contribution in [2.75, 3.05) is 5.32 Å². The third-order valence-electron chi connectivity index (χ3n) is 3.09. The topological polar surface area (TPSA) is 57.8 Å². The Balaban J connectivity index is 1.96. The lowest BCUT2D eigenvalue weighted by Gasteiger charge is -2.06. The van der Waals surface area contributed by atoms with E-state index in [2.05, 4.69) is 15.5 Å². The first-order valence-corrected chi connectivity index (χ1v) is 6.22. The number of carbonyl (C=O) groups is 1. The molecule has 0 aliphatic carbocycles. The quantitative estimate of drug-likeness (QED) is 0.904. The van der Waals surface area contributed by atoms with Crippen molar-refractivity contribution in [2.24, 2.45) is 0 Å². The van der Waals surface area contributed by atoms with Crippen LogP contribution in [0.5, 0.6) is 0 Å². The maximum Gasteiger partial charge on any atom is 0.224 e. The van der Waals surface area contributed by atoms with Crippen molar-refractivity contribution in [1.29, 1.82) is 0 Å². The maximum atomic E-state index is 13.4. The number of hydrogen-bond acceptors (Lipinski definition) is 2. The highest BCUT2D eigenvalue weighted by molar-refractivity contribution is 5.90. The number of aromatic nitrogens is 2. The van der Waals surface area contributed by atoms with Gasteiger partial charge in [-0.05, 0) is 38.0 Å². The van der Waals surface area contributed by atoms with Gasteiger partial charge in [-0.15, -0.1) is 0 Å². The van der Waals surface area contributed by atoms with Crippen molar-refractivity contribution in [3.05, 3.63) is 46.8 Å². The first-order chi connectivity index (χ1) is 9.47. The predicted molar refractivity (Wildman–Crippen MR) is 71.4 cm³/mol. The number of halogens is 2. The van der Waals surface area contributed by atoms with E-state index < -0.39 is 11.6 Å². The number of amides is 1. The molecule has 1 amide bonds. The second-order valence-electron chi connectivity index (χ2n) is 4.58. The van der Waals surface area contributed by atoms with Crippen LogP contribution in [0.15, 0.2) is 18.2 Å². The van der Waals surface area contributed by atoms with E-state index in [0.29, 0.717) is 6.42 Å². The molecular weight excluding hydrogens is 264 g/mol. The summed E-state index contributed by atoms with van der Waals surface area (Å²) in [4.78, 5) is 11.8. The second-order valence-corrected chi connectivity index (χ2v) is 4.58. The Morgan fingerprint density at radius 2 is 2.10 bits per heavy atom. The zero-order valence-corrected chi connectivity index (χ0v) is 11.3. The molecule has 0 fully saturated rings. The Hall–Kier alpha value is -2.24. The highest BCUT2D eigenvalue weighted by Gasteiger charge is 2.11. The minimum Gasteiger partial charge on any atom is -0.324 e. The summed E-state index contributed by atoms with van der Waals surface area (Å²) < 4.78 is 26.1. The Bertz CT molecular complexity index is 618. The molecule has 0 unspecified atom stereocenters. The van der Waals surface area contributed by atoms with Gasteiger partial charge in [-0.1, -0.05) is 0 Å². The molecule has 2 N–H and O–H groups in total. The van der Waals surface area contributed by atoms with Crippen LogP contribution in [0.25, 0.3) is 0 Å². The molecule has 6 heteroatoms. The number of carbonyl (C=O) groups excluding carboxylic acids is 1. The van der Waals surface area contributed by atoms with Crippen LogP contribution in [0.3, 0.4) is 0 Å². The Morgan fingerprint density at radius 1 is 1.35 bits per heavy atom. The van der Waals surface area contributed by atoms with Gasteiger partial charge in [-0.25, -0.2) is 8.78 Å².